The number of aromatic nitrogens is 1. The lowest BCUT2D eigenvalue weighted by molar-refractivity contribution is -0.132. The number of amides is 1. The van der Waals surface area contributed by atoms with Crippen LogP contribution in [-0.4, -0.2) is 52.1 Å². The number of rotatable bonds is 5. The maximum atomic E-state index is 13.1. The van der Waals surface area contributed by atoms with E-state index in [2.05, 4.69) is 68.1 Å². The van der Waals surface area contributed by atoms with Crippen LogP contribution in [0.25, 0.3) is 10.9 Å². The highest BCUT2D eigenvalue weighted by molar-refractivity contribution is 8.00. The third-order valence-electron chi connectivity index (χ3n) is 6.01. The predicted octanol–water partition coefficient (Wildman–Crippen LogP) is 4.99. The molecule has 1 aromatic heterocycles. The molecule has 5 heteroatoms. The minimum atomic E-state index is -0.143. The maximum Gasteiger partial charge on any atom is 0.235 e. The Labute approximate surface area is 189 Å². The van der Waals surface area contributed by atoms with Crippen molar-refractivity contribution in [1.29, 1.82) is 0 Å². The fourth-order valence-corrected chi connectivity index (χ4v) is 5.33. The molecule has 1 saturated heterocycles. The second kappa shape index (κ2) is 9.41. The number of aryl methyl sites for hydroxylation is 3. The van der Waals surface area contributed by atoms with Crippen LogP contribution in [-0.2, 0) is 11.3 Å². The number of fused-ring (bicyclic) bond motifs is 1. The highest BCUT2D eigenvalue weighted by Gasteiger charge is 2.26. The lowest BCUT2D eigenvalue weighted by Crippen LogP contribution is -2.50. The first-order valence-electron chi connectivity index (χ1n) is 11.0. The van der Waals surface area contributed by atoms with Gasteiger partial charge in [-0.05, 0) is 56.5 Å². The second-order valence-corrected chi connectivity index (χ2v) is 9.96. The summed E-state index contributed by atoms with van der Waals surface area (Å²) in [4.78, 5) is 22.4. The van der Waals surface area contributed by atoms with Crippen LogP contribution in [0, 0.1) is 20.8 Å². The van der Waals surface area contributed by atoms with E-state index in [-0.39, 0.29) is 11.2 Å². The fourth-order valence-electron chi connectivity index (χ4n) is 4.33. The standard InChI is InChI=1S/C26H31N3OS/c1-18-14-20(3)25-23(15-18)19(2)16-24(27-25)31-21(4)26(30)29-12-10-28(11-13-29)17-22-8-6-5-7-9-22/h5-9,14-16,21H,10-13,17H2,1-4H3/t21-/m0/s1. The number of carbonyl (C=O) groups is 1. The van der Waals surface area contributed by atoms with Crippen LogP contribution in [0.15, 0.2) is 53.6 Å². The molecule has 0 bridgehead atoms. The molecule has 4 rings (SSSR count). The van der Waals surface area contributed by atoms with Crippen molar-refractivity contribution in [3.05, 3.63) is 70.8 Å². The van der Waals surface area contributed by atoms with Crippen LogP contribution in [0.1, 0.15) is 29.2 Å². The van der Waals surface area contributed by atoms with Gasteiger partial charge in [0.1, 0.15) is 0 Å². The van der Waals surface area contributed by atoms with Crippen LogP contribution >= 0.6 is 11.8 Å². The zero-order valence-corrected chi connectivity index (χ0v) is 19.7. The first-order valence-corrected chi connectivity index (χ1v) is 11.9. The summed E-state index contributed by atoms with van der Waals surface area (Å²) in [5, 5.41) is 1.99. The van der Waals surface area contributed by atoms with Crippen molar-refractivity contribution < 1.29 is 4.79 Å². The lowest BCUT2D eigenvalue weighted by Gasteiger charge is -2.35. The number of pyridine rings is 1. The molecule has 1 aliphatic rings. The number of benzene rings is 2. The van der Waals surface area contributed by atoms with Gasteiger partial charge in [0.15, 0.2) is 0 Å². The Morgan fingerprint density at radius 1 is 1.00 bits per heavy atom. The van der Waals surface area contributed by atoms with Gasteiger partial charge in [0.25, 0.3) is 0 Å². The molecule has 2 aromatic carbocycles. The first kappa shape index (κ1) is 21.8. The van der Waals surface area contributed by atoms with Gasteiger partial charge in [-0.1, -0.05) is 53.7 Å². The Bertz CT molecular complexity index is 1070. The number of hydrogen-bond acceptors (Lipinski definition) is 4. The van der Waals surface area contributed by atoms with Gasteiger partial charge in [0.05, 0.1) is 15.8 Å². The van der Waals surface area contributed by atoms with Crippen LogP contribution in [0.4, 0.5) is 0 Å². The summed E-state index contributed by atoms with van der Waals surface area (Å²) in [7, 11) is 0. The van der Waals surface area contributed by atoms with Crippen LogP contribution in [0.2, 0.25) is 0 Å². The van der Waals surface area contributed by atoms with Crippen molar-refractivity contribution in [3.63, 3.8) is 0 Å². The van der Waals surface area contributed by atoms with Crippen molar-refractivity contribution in [2.75, 3.05) is 26.2 Å². The van der Waals surface area contributed by atoms with Crippen molar-refractivity contribution >= 4 is 28.6 Å². The van der Waals surface area contributed by atoms with E-state index in [0.717, 1.165) is 43.3 Å². The number of thioether (sulfide) groups is 1. The van der Waals surface area contributed by atoms with Crippen LogP contribution in [0.3, 0.4) is 0 Å². The summed E-state index contributed by atoms with van der Waals surface area (Å²) in [6, 6.07) is 17.0. The molecule has 1 fully saturated rings. The number of carbonyl (C=O) groups excluding carboxylic acids is 1. The summed E-state index contributed by atoms with van der Waals surface area (Å²) in [5.74, 6) is 0.213. The molecule has 2 heterocycles. The molecular weight excluding hydrogens is 402 g/mol. The molecule has 1 amide bonds. The third kappa shape index (κ3) is 5.10. The van der Waals surface area contributed by atoms with Crippen LogP contribution < -0.4 is 0 Å². The number of piperazine rings is 1. The van der Waals surface area contributed by atoms with Crippen molar-refractivity contribution in [3.8, 4) is 0 Å². The van der Waals surface area contributed by atoms with E-state index in [9.17, 15) is 4.79 Å². The number of hydrogen-bond donors (Lipinski definition) is 0. The molecule has 162 valence electrons. The van der Waals surface area contributed by atoms with Crippen molar-refractivity contribution in [2.45, 2.75) is 44.5 Å². The molecule has 1 aliphatic heterocycles. The molecule has 0 saturated carbocycles. The van der Waals surface area contributed by atoms with Gasteiger partial charge >= 0.3 is 0 Å². The highest BCUT2D eigenvalue weighted by atomic mass is 32.2. The van der Waals surface area contributed by atoms with E-state index >= 15 is 0 Å². The molecule has 0 unspecified atom stereocenters. The zero-order chi connectivity index (χ0) is 22.0. The smallest absolute Gasteiger partial charge is 0.235 e. The Kier molecular flexibility index (Phi) is 6.63. The van der Waals surface area contributed by atoms with Gasteiger partial charge in [0.2, 0.25) is 5.91 Å². The molecule has 0 aliphatic carbocycles. The SMILES string of the molecule is Cc1cc(C)c2nc(S[C@@H](C)C(=O)N3CCN(Cc4ccccc4)CC3)cc(C)c2c1. The van der Waals surface area contributed by atoms with Crippen molar-refractivity contribution in [1.82, 2.24) is 14.8 Å². The lowest BCUT2D eigenvalue weighted by atomic mass is 10.0. The average Bonchev–Trinajstić information content (AvgIpc) is 2.75. The van der Waals surface area contributed by atoms with E-state index in [1.807, 2.05) is 17.9 Å². The monoisotopic (exact) mass is 433 g/mol. The molecular formula is C26H31N3OS. The molecule has 1 atom stereocenters. The van der Waals surface area contributed by atoms with E-state index in [1.54, 1.807) is 11.8 Å². The van der Waals surface area contributed by atoms with Gasteiger partial charge < -0.3 is 4.90 Å². The zero-order valence-electron chi connectivity index (χ0n) is 18.9. The summed E-state index contributed by atoms with van der Waals surface area (Å²) in [6.07, 6.45) is 0. The van der Waals surface area contributed by atoms with Crippen molar-refractivity contribution in [2.24, 2.45) is 0 Å². The topological polar surface area (TPSA) is 36.4 Å². The largest absolute Gasteiger partial charge is 0.339 e. The van der Waals surface area contributed by atoms with Gasteiger partial charge in [-0.3, -0.25) is 9.69 Å². The Hall–Kier alpha value is -2.37. The Morgan fingerprint density at radius 2 is 1.71 bits per heavy atom. The Morgan fingerprint density at radius 3 is 2.42 bits per heavy atom. The quantitative estimate of drug-likeness (QED) is 0.532. The molecule has 31 heavy (non-hydrogen) atoms. The van der Waals surface area contributed by atoms with Gasteiger partial charge in [-0.2, -0.15) is 0 Å². The summed E-state index contributed by atoms with van der Waals surface area (Å²) in [6.45, 7) is 12.7. The maximum absolute atomic E-state index is 13.1. The average molecular weight is 434 g/mol. The Balaban J connectivity index is 1.38. The predicted molar refractivity (Wildman–Crippen MR) is 130 cm³/mol. The molecule has 0 spiro atoms. The second-order valence-electron chi connectivity index (χ2n) is 8.60. The highest BCUT2D eigenvalue weighted by Crippen LogP contribution is 2.29. The minimum absolute atomic E-state index is 0.143. The molecule has 4 nitrogen and oxygen atoms in total. The summed E-state index contributed by atoms with van der Waals surface area (Å²) < 4.78 is 0. The normalized spacial score (nSPS) is 15.9. The van der Waals surface area contributed by atoms with E-state index in [0.29, 0.717) is 0 Å². The summed E-state index contributed by atoms with van der Waals surface area (Å²) >= 11 is 1.57. The minimum Gasteiger partial charge on any atom is -0.339 e. The van der Waals surface area contributed by atoms with Gasteiger partial charge in [-0.25, -0.2) is 4.98 Å². The third-order valence-corrected chi connectivity index (χ3v) is 7.02. The van der Waals surface area contributed by atoms with E-state index in [1.165, 1.54) is 27.6 Å². The van der Waals surface area contributed by atoms with Gasteiger partial charge in [0, 0.05) is 38.1 Å². The van der Waals surface area contributed by atoms with Crippen LogP contribution in [0.5, 0.6) is 0 Å². The molecule has 0 N–H and O–H groups in total. The van der Waals surface area contributed by atoms with E-state index in [4.69, 9.17) is 4.98 Å². The first-order chi connectivity index (χ1) is 14.9. The number of nitrogens with zero attached hydrogens (tertiary/aromatic N) is 3. The molecule has 0 radical (unpaired) electrons. The summed E-state index contributed by atoms with van der Waals surface area (Å²) in [5.41, 5.74) is 6.03. The molecule has 3 aromatic rings. The van der Waals surface area contributed by atoms with Gasteiger partial charge in [-0.15, -0.1) is 0 Å². The fraction of sp³-hybridized carbons (Fsp3) is 0.385. The van der Waals surface area contributed by atoms with E-state index < -0.39 is 0 Å².